The van der Waals surface area contributed by atoms with Crippen molar-refractivity contribution in [3.8, 4) is 11.5 Å². The third-order valence-corrected chi connectivity index (χ3v) is 6.28. The van der Waals surface area contributed by atoms with Crippen LogP contribution in [-0.2, 0) is 28.9 Å². The number of nitrogens with zero attached hydrogens (tertiary/aromatic N) is 2. The molecule has 2 aromatic rings. The number of carbonyl (C=O) groups is 2. The lowest BCUT2D eigenvalue weighted by Crippen LogP contribution is -2.14. The van der Waals surface area contributed by atoms with Crippen LogP contribution in [0.25, 0.3) is 11.5 Å². The fraction of sp³-hybridized carbons (Fsp3) is 0.474. The second-order valence-corrected chi connectivity index (χ2v) is 7.82. The van der Waals surface area contributed by atoms with E-state index in [4.69, 9.17) is 4.52 Å². The third kappa shape index (κ3) is 3.00. The Morgan fingerprint density at radius 2 is 2.08 bits per heavy atom. The van der Waals surface area contributed by atoms with E-state index in [1.165, 1.54) is 10.4 Å². The Kier molecular flexibility index (Phi) is 4.72. The van der Waals surface area contributed by atoms with Crippen molar-refractivity contribution in [2.45, 2.75) is 58.3 Å². The lowest BCUT2D eigenvalue weighted by molar-refractivity contribution is -0.113. The molecule has 136 valence electrons. The smallest absolute Gasteiger partial charge is 0.261 e. The average Bonchev–Trinajstić information content (AvgIpc) is 3.38. The highest BCUT2D eigenvalue weighted by Gasteiger charge is 2.28. The standard InChI is InChI=1S/C19H21N3O3S/c1-2-15-20-18(25-22-15)16-13-7-3-4-9-14(13)26-19(16)21-17(24)12-8-5-6-11(12)10-23/h10H,2-9H2,1H3,(H,21,24). The molecule has 26 heavy (non-hydrogen) atoms. The summed E-state index contributed by atoms with van der Waals surface area (Å²) in [6.45, 7) is 1.98. The predicted molar refractivity (Wildman–Crippen MR) is 99.2 cm³/mol. The van der Waals surface area contributed by atoms with Gasteiger partial charge in [-0.25, -0.2) is 0 Å². The summed E-state index contributed by atoms with van der Waals surface area (Å²) in [7, 11) is 0. The Hall–Kier alpha value is -2.28. The summed E-state index contributed by atoms with van der Waals surface area (Å²) in [6, 6.07) is 0. The number of aryl methyl sites for hydroxylation is 2. The molecule has 1 N–H and O–H groups in total. The van der Waals surface area contributed by atoms with Gasteiger partial charge in [-0.2, -0.15) is 4.98 Å². The van der Waals surface area contributed by atoms with Gasteiger partial charge < -0.3 is 9.84 Å². The second-order valence-electron chi connectivity index (χ2n) is 6.71. The molecule has 0 radical (unpaired) electrons. The van der Waals surface area contributed by atoms with Crippen LogP contribution in [-0.4, -0.2) is 22.3 Å². The SMILES string of the molecule is CCc1noc(-c2c(NC(=O)C3=C(C=O)CCC3)sc3c2CCCC3)n1. The largest absolute Gasteiger partial charge is 0.334 e. The van der Waals surface area contributed by atoms with Crippen molar-refractivity contribution >= 4 is 28.5 Å². The van der Waals surface area contributed by atoms with Crippen LogP contribution >= 0.6 is 11.3 Å². The van der Waals surface area contributed by atoms with Gasteiger partial charge in [0.1, 0.15) is 11.3 Å². The van der Waals surface area contributed by atoms with Crippen LogP contribution in [0.5, 0.6) is 0 Å². The highest BCUT2D eigenvalue weighted by atomic mass is 32.1. The molecule has 2 heterocycles. The zero-order valence-electron chi connectivity index (χ0n) is 14.8. The van der Waals surface area contributed by atoms with Crippen molar-refractivity contribution in [1.82, 2.24) is 10.1 Å². The number of thiophene rings is 1. The van der Waals surface area contributed by atoms with E-state index in [1.54, 1.807) is 11.3 Å². The molecule has 0 bridgehead atoms. The van der Waals surface area contributed by atoms with E-state index in [2.05, 4.69) is 15.5 Å². The minimum absolute atomic E-state index is 0.181. The Labute approximate surface area is 155 Å². The molecule has 2 aliphatic carbocycles. The van der Waals surface area contributed by atoms with Gasteiger partial charge in [-0.3, -0.25) is 9.59 Å². The molecule has 4 rings (SSSR count). The number of anilines is 1. The molecule has 2 aromatic heterocycles. The molecule has 6 nitrogen and oxygen atoms in total. The molecule has 0 unspecified atom stereocenters. The fourth-order valence-corrected chi connectivity index (χ4v) is 4.99. The first-order valence-electron chi connectivity index (χ1n) is 9.17. The van der Waals surface area contributed by atoms with E-state index in [9.17, 15) is 9.59 Å². The van der Waals surface area contributed by atoms with Crippen molar-refractivity contribution in [2.75, 3.05) is 5.32 Å². The van der Waals surface area contributed by atoms with Gasteiger partial charge in [-0.15, -0.1) is 11.3 Å². The molecule has 0 aliphatic heterocycles. The van der Waals surface area contributed by atoms with Gasteiger partial charge in [-0.1, -0.05) is 12.1 Å². The molecular weight excluding hydrogens is 350 g/mol. The molecule has 0 fully saturated rings. The fourth-order valence-electron chi connectivity index (χ4n) is 3.71. The Bertz CT molecular complexity index is 894. The topological polar surface area (TPSA) is 85.1 Å². The number of hydrogen-bond donors (Lipinski definition) is 1. The number of fused-ring (bicyclic) bond motifs is 1. The van der Waals surface area contributed by atoms with Gasteiger partial charge in [0, 0.05) is 22.4 Å². The van der Waals surface area contributed by atoms with E-state index >= 15 is 0 Å². The van der Waals surface area contributed by atoms with E-state index in [1.807, 2.05) is 6.92 Å². The normalized spacial score (nSPS) is 16.7. The molecule has 0 atom stereocenters. The Morgan fingerprint density at radius 1 is 1.23 bits per heavy atom. The minimum Gasteiger partial charge on any atom is -0.334 e. The molecule has 7 heteroatoms. The number of rotatable bonds is 5. The summed E-state index contributed by atoms with van der Waals surface area (Å²) in [5, 5.41) is 7.81. The molecular formula is C19H21N3O3S. The second kappa shape index (κ2) is 7.15. The van der Waals surface area contributed by atoms with Gasteiger partial charge in [0.15, 0.2) is 5.82 Å². The summed E-state index contributed by atoms with van der Waals surface area (Å²) < 4.78 is 5.48. The average molecular weight is 371 g/mol. The van der Waals surface area contributed by atoms with Gasteiger partial charge >= 0.3 is 0 Å². The number of aldehydes is 1. The maximum atomic E-state index is 12.8. The molecule has 2 aliphatic rings. The summed E-state index contributed by atoms with van der Waals surface area (Å²) >= 11 is 1.60. The van der Waals surface area contributed by atoms with Crippen LogP contribution in [0.4, 0.5) is 5.00 Å². The zero-order valence-corrected chi connectivity index (χ0v) is 15.6. The van der Waals surface area contributed by atoms with Gasteiger partial charge in [0.25, 0.3) is 11.8 Å². The summed E-state index contributed by atoms with van der Waals surface area (Å²) in [5.74, 6) is 0.960. The highest BCUT2D eigenvalue weighted by Crippen LogP contribution is 2.44. The number of nitrogens with one attached hydrogen (secondary N) is 1. The van der Waals surface area contributed by atoms with E-state index < -0.39 is 0 Å². The van der Waals surface area contributed by atoms with Gasteiger partial charge in [-0.05, 0) is 50.5 Å². The summed E-state index contributed by atoms with van der Waals surface area (Å²) in [6.07, 6.45) is 7.97. The maximum absolute atomic E-state index is 12.8. The number of amides is 1. The van der Waals surface area contributed by atoms with Crippen LogP contribution in [0, 0.1) is 0 Å². The summed E-state index contributed by atoms with van der Waals surface area (Å²) in [4.78, 5) is 29.7. The van der Waals surface area contributed by atoms with Crippen molar-refractivity contribution < 1.29 is 14.1 Å². The number of allylic oxidation sites excluding steroid dienone is 1. The zero-order chi connectivity index (χ0) is 18.1. The molecule has 0 spiro atoms. The predicted octanol–water partition coefficient (Wildman–Crippen LogP) is 3.86. The molecule has 0 saturated carbocycles. The van der Waals surface area contributed by atoms with Crippen molar-refractivity contribution in [3.63, 3.8) is 0 Å². The maximum Gasteiger partial charge on any atom is 0.261 e. The highest BCUT2D eigenvalue weighted by molar-refractivity contribution is 7.17. The molecule has 1 amide bonds. The number of hydrogen-bond acceptors (Lipinski definition) is 6. The number of carbonyl (C=O) groups excluding carboxylic acids is 2. The lowest BCUT2D eigenvalue weighted by atomic mass is 9.95. The minimum atomic E-state index is -0.181. The van der Waals surface area contributed by atoms with Crippen molar-refractivity contribution in [2.24, 2.45) is 0 Å². The Morgan fingerprint density at radius 3 is 2.85 bits per heavy atom. The number of aromatic nitrogens is 2. The van der Waals surface area contributed by atoms with Crippen LogP contribution < -0.4 is 5.32 Å². The Balaban J connectivity index is 1.72. The molecule has 0 saturated heterocycles. The van der Waals surface area contributed by atoms with Gasteiger partial charge in [0.05, 0.1) is 5.56 Å². The first kappa shape index (κ1) is 17.1. The quantitative estimate of drug-likeness (QED) is 0.807. The van der Waals surface area contributed by atoms with E-state index in [0.717, 1.165) is 49.0 Å². The van der Waals surface area contributed by atoms with Crippen LogP contribution in [0.15, 0.2) is 15.7 Å². The van der Waals surface area contributed by atoms with Crippen LogP contribution in [0.2, 0.25) is 0 Å². The monoisotopic (exact) mass is 371 g/mol. The third-order valence-electron chi connectivity index (χ3n) is 5.07. The van der Waals surface area contributed by atoms with Gasteiger partial charge in [0.2, 0.25) is 0 Å². The summed E-state index contributed by atoms with van der Waals surface area (Å²) in [5.41, 5.74) is 3.32. The van der Waals surface area contributed by atoms with Crippen molar-refractivity contribution in [1.29, 1.82) is 0 Å². The first-order chi connectivity index (χ1) is 12.7. The van der Waals surface area contributed by atoms with Crippen LogP contribution in [0.3, 0.4) is 0 Å². The van der Waals surface area contributed by atoms with Crippen LogP contribution in [0.1, 0.15) is 55.3 Å². The molecule has 0 aromatic carbocycles. The lowest BCUT2D eigenvalue weighted by Gasteiger charge is -2.11. The van der Waals surface area contributed by atoms with E-state index in [-0.39, 0.29) is 5.91 Å². The first-order valence-corrected chi connectivity index (χ1v) is 9.99. The van der Waals surface area contributed by atoms with E-state index in [0.29, 0.717) is 42.1 Å². The van der Waals surface area contributed by atoms with Crippen molar-refractivity contribution in [3.05, 3.63) is 27.4 Å².